The molecule has 2 aromatic carbocycles. The summed E-state index contributed by atoms with van der Waals surface area (Å²) < 4.78 is 10.5. The largest absolute Gasteiger partial charge is 0.497 e. The fourth-order valence-corrected chi connectivity index (χ4v) is 2.67. The lowest BCUT2D eigenvalue weighted by Gasteiger charge is -2.13. The number of anilines is 4. The average molecular weight is 402 g/mol. The fraction of sp³-hybridized carbons (Fsp3) is 0.111. The number of nitro groups is 1. The molecule has 3 aromatic rings. The van der Waals surface area contributed by atoms with E-state index >= 15 is 0 Å². The second-order valence-electron chi connectivity index (χ2n) is 5.50. The summed E-state index contributed by atoms with van der Waals surface area (Å²) in [7, 11) is 3.01. The van der Waals surface area contributed by atoms with Crippen LogP contribution in [0.5, 0.6) is 11.5 Å². The molecule has 3 rings (SSSR count). The van der Waals surface area contributed by atoms with Crippen LogP contribution in [0.1, 0.15) is 0 Å². The number of rotatable bonds is 7. The minimum Gasteiger partial charge on any atom is -0.497 e. The Morgan fingerprint density at radius 1 is 1.04 bits per heavy atom. The van der Waals surface area contributed by atoms with Gasteiger partial charge in [-0.05, 0) is 30.3 Å². The summed E-state index contributed by atoms with van der Waals surface area (Å²) in [5, 5.41) is 18.0. The zero-order valence-corrected chi connectivity index (χ0v) is 15.7. The number of ether oxygens (including phenoxy) is 2. The lowest BCUT2D eigenvalue weighted by molar-refractivity contribution is -0.383. The van der Waals surface area contributed by atoms with E-state index < -0.39 is 4.92 Å². The quantitative estimate of drug-likeness (QED) is 0.438. The van der Waals surface area contributed by atoms with Crippen LogP contribution >= 0.6 is 11.6 Å². The average Bonchev–Trinajstić information content (AvgIpc) is 2.68. The van der Waals surface area contributed by atoms with E-state index in [9.17, 15) is 10.1 Å². The molecular weight excluding hydrogens is 386 g/mol. The molecule has 0 unspecified atom stereocenters. The van der Waals surface area contributed by atoms with Crippen molar-refractivity contribution in [2.45, 2.75) is 0 Å². The highest BCUT2D eigenvalue weighted by molar-refractivity contribution is 6.30. The smallest absolute Gasteiger partial charge is 0.353 e. The van der Waals surface area contributed by atoms with Crippen molar-refractivity contribution in [2.24, 2.45) is 0 Å². The molecule has 0 fully saturated rings. The third-order valence-corrected chi connectivity index (χ3v) is 3.99. The van der Waals surface area contributed by atoms with Crippen molar-refractivity contribution in [2.75, 3.05) is 24.9 Å². The second-order valence-corrected chi connectivity index (χ2v) is 5.94. The van der Waals surface area contributed by atoms with E-state index in [2.05, 4.69) is 20.6 Å². The van der Waals surface area contributed by atoms with Crippen molar-refractivity contribution in [3.8, 4) is 11.5 Å². The molecule has 28 heavy (non-hydrogen) atoms. The molecular formula is C18H16ClN5O4. The summed E-state index contributed by atoms with van der Waals surface area (Å²) in [6, 6.07) is 11.8. The van der Waals surface area contributed by atoms with Gasteiger partial charge in [-0.25, -0.2) is 9.97 Å². The molecule has 0 spiro atoms. The van der Waals surface area contributed by atoms with Crippen LogP contribution < -0.4 is 20.1 Å². The molecule has 0 aliphatic carbocycles. The highest BCUT2D eigenvalue weighted by atomic mass is 35.5. The predicted octanol–water partition coefficient (Wildman–Crippen LogP) is 4.54. The van der Waals surface area contributed by atoms with Crippen LogP contribution in [0.15, 0.2) is 48.8 Å². The lowest BCUT2D eigenvalue weighted by Crippen LogP contribution is -2.06. The number of aromatic nitrogens is 2. The first-order valence-electron chi connectivity index (χ1n) is 8.03. The number of nitrogens with one attached hydrogen (secondary N) is 2. The van der Waals surface area contributed by atoms with Gasteiger partial charge in [-0.2, -0.15) is 0 Å². The van der Waals surface area contributed by atoms with Crippen LogP contribution in [0.2, 0.25) is 5.02 Å². The summed E-state index contributed by atoms with van der Waals surface area (Å²) >= 11 is 5.97. The Morgan fingerprint density at radius 3 is 2.43 bits per heavy atom. The monoisotopic (exact) mass is 401 g/mol. The number of hydrogen-bond donors (Lipinski definition) is 2. The molecule has 1 aromatic heterocycles. The van der Waals surface area contributed by atoms with Crippen LogP contribution in [0.3, 0.4) is 0 Å². The molecule has 2 N–H and O–H groups in total. The van der Waals surface area contributed by atoms with E-state index in [1.807, 2.05) is 0 Å². The number of halogens is 1. The Bertz CT molecular complexity index is 1020. The highest BCUT2D eigenvalue weighted by Crippen LogP contribution is 2.37. The molecule has 10 heteroatoms. The molecule has 0 aliphatic rings. The molecule has 0 amide bonds. The summed E-state index contributed by atoms with van der Waals surface area (Å²) in [5.74, 6) is 1.04. The van der Waals surface area contributed by atoms with Crippen molar-refractivity contribution in [1.29, 1.82) is 0 Å². The Labute approximate surface area is 165 Å². The predicted molar refractivity (Wildman–Crippen MR) is 106 cm³/mol. The van der Waals surface area contributed by atoms with Crippen molar-refractivity contribution in [3.05, 3.63) is 63.9 Å². The zero-order valence-electron chi connectivity index (χ0n) is 15.0. The Kier molecular flexibility index (Phi) is 5.75. The van der Waals surface area contributed by atoms with Crippen LogP contribution in [0.25, 0.3) is 0 Å². The van der Waals surface area contributed by atoms with Crippen LogP contribution in [-0.2, 0) is 0 Å². The zero-order chi connectivity index (χ0) is 20.1. The van der Waals surface area contributed by atoms with Gasteiger partial charge in [0.15, 0.2) is 0 Å². The van der Waals surface area contributed by atoms with Gasteiger partial charge in [0.05, 0.1) is 24.8 Å². The topological polar surface area (TPSA) is 111 Å². The third-order valence-electron chi connectivity index (χ3n) is 3.75. The van der Waals surface area contributed by atoms with Gasteiger partial charge in [-0.3, -0.25) is 10.1 Å². The number of benzene rings is 2. The van der Waals surface area contributed by atoms with Crippen molar-refractivity contribution < 1.29 is 14.4 Å². The third kappa shape index (κ3) is 4.21. The summed E-state index contributed by atoms with van der Waals surface area (Å²) in [6.45, 7) is 0. The lowest BCUT2D eigenvalue weighted by atomic mass is 10.2. The summed E-state index contributed by atoms with van der Waals surface area (Å²) in [5.41, 5.74) is 0.684. The van der Waals surface area contributed by atoms with Gasteiger partial charge < -0.3 is 20.1 Å². The first-order chi connectivity index (χ1) is 13.5. The van der Waals surface area contributed by atoms with Crippen LogP contribution in [0, 0.1) is 10.1 Å². The first-order valence-corrected chi connectivity index (χ1v) is 8.40. The fourth-order valence-electron chi connectivity index (χ4n) is 2.48. The summed E-state index contributed by atoms with van der Waals surface area (Å²) in [4.78, 5) is 19.2. The highest BCUT2D eigenvalue weighted by Gasteiger charge is 2.24. The van der Waals surface area contributed by atoms with Crippen molar-refractivity contribution >= 4 is 40.3 Å². The molecule has 0 aliphatic heterocycles. The van der Waals surface area contributed by atoms with E-state index in [1.54, 1.807) is 42.5 Å². The van der Waals surface area contributed by atoms with Gasteiger partial charge in [0.2, 0.25) is 11.6 Å². The van der Waals surface area contributed by atoms with Gasteiger partial charge in [-0.1, -0.05) is 17.7 Å². The van der Waals surface area contributed by atoms with E-state index in [1.165, 1.54) is 20.5 Å². The molecule has 0 saturated heterocycles. The maximum atomic E-state index is 11.7. The molecule has 0 bridgehead atoms. The first kappa shape index (κ1) is 19.2. The Balaban J connectivity index is 2.01. The number of nitrogens with zero attached hydrogens (tertiary/aromatic N) is 3. The van der Waals surface area contributed by atoms with E-state index in [-0.39, 0.29) is 17.3 Å². The maximum absolute atomic E-state index is 11.7. The van der Waals surface area contributed by atoms with Gasteiger partial charge in [0, 0.05) is 16.8 Å². The SMILES string of the molecule is COc1ccc(OC)c(Nc2ncnc(Nc3cccc(Cl)c3)c2[N+](=O)[O-])c1. The second kappa shape index (κ2) is 8.40. The molecule has 1 heterocycles. The van der Waals surface area contributed by atoms with E-state index in [0.717, 1.165) is 0 Å². The number of hydrogen-bond acceptors (Lipinski definition) is 8. The van der Waals surface area contributed by atoms with Crippen molar-refractivity contribution in [3.63, 3.8) is 0 Å². The minimum atomic E-state index is -0.568. The molecule has 0 radical (unpaired) electrons. The normalized spacial score (nSPS) is 10.2. The number of methoxy groups -OCH3 is 2. The van der Waals surface area contributed by atoms with E-state index in [0.29, 0.717) is 27.9 Å². The van der Waals surface area contributed by atoms with Gasteiger partial charge in [-0.15, -0.1) is 0 Å². The minimum absolute atomic E-state index is 0.00363. The van der Waals surface area contributed by atoms with Crippen molar-refractivity contribution in [1.82, 2.24) is 9.97 Å². The van der Waals surface area contributed by atoms with Crippen LogP contribution in [-0.4, -0.2) is 29.1 Å². The molecule has 0 atom stereocenters. The van der Waals surface area contributed by atoms with Gasteiger partial charge in [0.25, 0.3) is 0 Å². The molecule has 0 saturated carbocycles. The van der Waals surface area contributed by atoms with Gasteiger partial charge in [0.1, 0.15) is 17.8 Å². The maximum Gasteiger partial charge on any atom is 0.353 e. The van der Waals surface area contributed by atoms with Crippen LogP contribution in [0.4, 0.5) is 28.7 Å². The Morgan fingerprint density at radius 2 is 1.79 bits per heavy atom. The Hall–Kier alpha value is -3.59. The van der Waals surface area contributed by atoms with E-state index in [4.69, 9.17) is 21.1 Å². The van der Waals surface area contributed by atoms with Gasteiger partial charge >= 0.3 is 5.69 Å². The molecule has 9 nitrogen and oxygen atoms in total. The summed E-state index contributed by atoms with van der Waals surface area (Å²) in [6.07, 6.45) is 1.22. The molecule has 144 valence electrons. The standard InChI is InChI=1S/C18H16ClN5O4/c1-27-13-6-7-15(28-2)14(9-13)23-18-16(24(25)26)17(20-10-21-18)22-12-5-3-4-11(19)8-12/h3-10H,1-2H3,(H2,20,21,22,23).